The molecule has 0 aliphatic heterocycles. The summed E-state index contributed by atoms with van der Waals surface area (Å²) in [6.07, 6.45) is 1.89. The van der Waals surface area contributed by atoms with Gasteiger partial charge in [-0.15, -0.1) is 0 Å². The largest absolute Gasteiger partial charge is 0.456 e. The number of rotatable bonds is 2. The fraction of sp³-hybridized carbons (Fsp3) is 0. The molecule has 0 unspecified atom stereocenters. The SMILES string of the molecule is N#CC(=Cc1ccccc1)c1ccc2c(c1)oc1ccccc12. The topological polar surface area (TPSA) is 36.9 Å². The Labute approximate surface area is 133 Å². The third kappa shape index (κ3) is 2.39. The Bertz CT molecular complexity index is 1070. The summed E-state index contributed by atoms with van der Waals surface area (Å²) in [5, 5.41) is 11.7. The molecule has 0 bridgehead atoms. The zero-order valence-corrected chi connectivity index (χ0v) is 12.4. The number of nitrogens with zero attached hydrogens (tertiary/aromatic N) is 1. The Kier molecular flexibility index (Phi) is 3.18. The van der Waals surface area contributed by atoms with Gasteiger partial charge in [-0.05, 0) is 35.4 Å². The van der Waals surface area contributed by atoms with Crippen molar-refractivity contribution in [3.63, 3.8) is 0 Å². The maximum Gasteiger partial charge on any atom is 0.136 e. The Hall–Kier alpha value is -3.31. The highest BCUT2D eigenvalue weighted by Gasteiger charge is 2.09. The highest BCUT2D eigenvalue weighted by Crippen LogP contribution is 2.31. The van der Waals surface area contributed by atoms with E-state index in [2.05, 4.69) is 6.07 Å². The standard InChI is InChI=1S/C21H13NO/c22-14-17(12-15-6-2-1-3-7-15)16-10-11-19-18-8-4-5-9-20(18)23-21(19)13-16/h1-13H. The predicted octanol–water partition coefficient (Wildman–Crippen LogP) is 5.65. The smallest absolute Gasteiger partial charge is 0.136 e. The van der Waals surface area contributed by atoms with Crippen molar-refractivity contribution >= 4 is 33.6 Å². The van der Waals surface area contributed by atoms with Gasteiger partial charge in [0.1, 0.15) is 11.2 Å². The highest BCUT2D eigenvalue weighted by atomic mass is 16.3. The first-order valence-corrected chi connectivity index (χ1v) is 7.44. The van der Waals surface area contributed by atoms with Crippen molar-refractivity contribution in [3.8, 4) is 6.07 Å². The van der Waals surface area contributed by atoms with Crippen molar-refractivity contribution in [1.82, 2.24) is 0 Å². The zero-order chi connectivity index (χ0) is 15.6. The van der Waals surface area contributed by atoms with E-state index in [1.165, 1.54) is 0 Å². The Balaban J connectivity index is 1.86. The number of fused-ring (bicyclic) bond motifs is 3. The van der Waals surface area contributed by atoms with Crippen molar-refractivity contribution < 1.29 is 4.42 Å². The molecule has 1 aromatic heterocycles. The normalized spacial score (nSPS) is 11.7. The van der Waals surface area contributed by atoms with Crippen LogP contribution >= 0.6 is 0 Å². The van der Waals surface area contributed by atoms with Crippen LogP contribution in [0.4, 0.5) is 0 Å². The van der Waals surface area contributed by atoms with E-state index in [0.29, 0.717) is 5.57 Å². The van der Waals surface area contributed by atoms with Crippen LogP contribution in [0.15, 0.2) is 77.2 Å². The predicted molar refractivity (Wildman–Crippen MR) is 93.6 cm³/mol. The molecule has 0 aliphatic carbocycles. The summed E-state index contributed by atoms with van der Waals surface area (Å²) in [4.78, 5) is 0. The molecule has 0 N–H and O–H groups in total. The van der Waals surface area contributed by atoms with E-state index in [0.717, 1.165) is 33.1 Å². The van der Waals surface area contributed by atoms with Gasteiger partial charge in [0.25, 0.3) is 0 Å². The minimum Gasteiger partial charge on any atom is -0.456 e. The second kappa shape index (κ2) is 5.47. The number of furan rings is 1. The lowest BCUT2D eigenvalue weighted by atomic mass is 10.0. The average molecular weight is 295 g/mol. The van der Waals surface area contributed by atoms with Crippen molar-refractivity contribution in [2.75, 3.05) is 0 Å². The van der Waals surface area contributed by atoms with E-state index in [1.54, 1.807) is 0 Å². The van der Waals surface area contributed by atoms with Crippen LogP contribution in [0.3, 0.4) is 0 Å². The van der Waals surface area contributed by atoms with Gasteiger partial charge in [-0.2, -0.15) is 5.26 Å². The molecule has 108 valence electrons. The van der Waals surface area contributed by atoms with Crippen LogP contribution in [0.25, 0.3) is 33.6 Å². The van der Waals surface area contributed by atoms with Crippen LogP contribution < -0.4 is 0 Å². The molecule has 0 spiro atoms. The van der Waals surface area contributed by atoms with E-state index < -0.39 is 0 Å². The van der Waals surface area contributed by atoms with Crippen LogP contribution in [-0.2, 0) is 0 Å². The molecular weight excluding hydrogens is 282 g/mol. The molecular formula is C21H13NO. The van der Waals surface area contributed by atoms with E-state index in [1.807, 2.05) is 78.9 Å². The van der Waals surface area contributed by atoms with E-state index in [-0.39, 0.29) is 0 Å². The molecule has 2 nitrogen and oxygen atoms in total. The quantitative estimate of drug-likeness (QED) is 0.354. The van der Waals surface area contributed by atoms with Crippen LogP contribution in [0.1, 0.15) is 11.1 Å². The second-order valence-electron chi connectivity index (χ2n) is 5.39. The lowest BCUT2D eigenvalue weighted by Crippen LogP contribution is -1.82. The third-order valence-corrected chi connectivity index (χ3v) is 3.92. The van der Waals surface area contributed by atoms with Gasteiger partial charge in [-0.1, -0.05) is 54.6 Å². The Morgan fingerprint density at radius 3 is 2.39 bits per heavy atom. The Morgan fingerprint density at radius 2 is 1.57 bits per heavy atom. The maximum absolute atomic E-state index is 9.50. The summed E-state index contributed by atoms with van der Waals surface area (Å²) in [7, 11) is 0. The van der Waals surface area contributed by atoms with Crippen molar-refractivity contribution in [2.45, 2.75) is 0 Å². The number of para-hydroxylation sites is 1. The summed E-state index contributed by atoms with van der Waals surface area (Å²) >= 11 is 0. The fourth-order valence-corrected chi connectivity index (χ4v) is 2.79. The van der Waals surface area contributed by atoms with Crippen LogP contribution in [-0.4, -0.2) is 0 Å². The number of benzene rings is 3. The molecule has 0 saturated heterocycles. The monoisotopic (exact) mass is 295 g/mol. The molecule has 4 rings (SSSR count). The third-order valence-electron chi connectivity index (χ3n) is 3.92. The molecule has 2 heteroatoms. The molecule has 1 heterocycles. The van der Waals surface area contributed by atoms with Crippen LogP contribution in [0, 0.1) is 11.3 Å². The number of nitriles is 1. The van der Waals surface area contributed by atoms with Gasteiger partial charge in [-0.3, -0.25) is 0 Å². The number of hydrogen-bond acceptors (Lipinski definition) is 2. The summed E-state index contributed by atoms with van der Waals surface area (Å²) in [5.74, 6) is 0. The Morgan fingerprint density at radius 1 is 0.826 bits per heavy atom. The molecule has 4 aromatic rings. The van der Waals surface area contributed by atoms with Gasteiger partial charge in [0.05, 0.1) is 11.6 Å². The van der Waals surface area contributed by atoms with Crippen LogP contribution in [0.2, 0.25) is 0 Å². The van der Waals surface area contributed by atoms with Gasteiger partial charge in [0.15, 0.2) is 0 Å². The van der Waals surface area contributed by atoms with Crippen molar-refractivity contribution in [2.24, 2.45) is 0 Å². The summed E-state index contributed by atoms with van der Waals surface area (Å²) in [6, 6.07) is 26.0. The average Bonchev–Trinajstić information content (AvgIpc) is 2.98. The zero-order valence-electron chi connectivity index (χ0n) is 12.4. The van der Waals surface area contributed by atoms with Gasteiger partial charge in [0, 0.05) is 10.8 Å². The lowest BCUT2D eigenvalue weighted by Gasteiger charge is -2.00. The van der Waals surface area contributed by atoms with E-state index in [9.17, 15) is 5.26 Å². The highest BCUT2D eigenvalue weighted by molar-refractivity contribution is 6.06. The second-order valence-corrected chi connectivity index (χ2v) is 5.39. The summed E-state index contributed by atoms with van der Waals surface area (Å²) in [5.41, 5.74) is 4.17. The van der Waals surface area contributed by atoms with Crippen molar-refractivity contribution in [3.05, 3.63) is 83.9 Å². The first kappa shape index (κ1) is 13.4. The first-order valence-electron chi connectivity index (χ1n) is 7.44. The molecule has 3 aromatic carbocycles. The molecule has 0 aliphatic rings. The molecule has 0 amide bonds. The summed E-state index contributed by atoms with van der Waals surface area (Å²) in [6.45, 7) is 0. The van der Waals surface area contributed by atoms with Gasteiger partial charge >= 0.3 is 0 Å². The molecule has 0 atom stereocenters. The van der Waals surface area contributed by atoms with Crippen LogP contribution in [0.5, 0.6) is 0 Å². The first-order chi connectivity index (χ1) is 11.3. The van der Waals surface area contributed by atoms with Gasteiger partial charge in [-0.25, -0.2) is 0 Å². The molecule has 23 heavy (non-hydrogen) atoms. The molecule has 0 radical (unpaired) electrons. The number of hydrogen-bond donors (Lipinski definition) is 0. The van der Waals surface area contributed by atoms with E-state index in [4.69, 9.17) is 4.42 Å². The van der Waals surface area contributed by atoms with Gasteiger partial charge in [0.2, 0.25) is 0 Å². The van der Waals surface area contributed by atoms with Gasteiger partial charge < -0.3 is 4.42 Å². The molecule has 0 saturated carbocycles. The minimum absolute atomic E-state index is 0.624. The minimum atomic E-state index is 0.624. The summed E-state index contributed by atoms with van der Waals surface area (Å²) < 4.78 is 5.90. The van der Waals surface area contributed by atoms with E-state index >= 15 is 0 Å². The fourth-order valence-electron chi connectivity index (χ4n) is 2.79. The maximum atomic E-state index is 9.50. The number of allylic oxidation sites excluding steroid dienone is 1. The lowest BCUT2D eigenvalue weighted by molar-refractivity contribution is 0.669. The molecule has 0 fully saturated rings. The van der Waals surface area contributed by atoms with Crippen molar-refractivity contribution in [1.29, 1.82) is 5.26 Å².